The van der Waals surface area contributed by atoms with Gasteiger partial charge in [-0.2, -0.15) is 0 Å². The van der Waals surface area contributed by atoms with Crippen molar-refractivity contribution in [3.8, 4) is 0 Å². The molecule has 0 saturated heterocycles. The fraction of sp³-hybridized carbons (Fsp3) is 0.812. The predicted molar refractivity (Wildman–Crippen MR) is 92.3 cm³/mol. The lowest BCUT2D eigenvalue weighted by molar-refractivity contribution is -0.209. The quantitative estimate of drug-likeness (QED) is 0.283. The molecule has 0 rings (SSSR count). The Hall–Kier alpha value is -0.613. The summed E-state index contributed by atoms with van der Waals surface area (Å²) in [6.45, 7) is 12.2. The molecule has 0 fully saturated rings. The molecule has 142 valence electrons. The lowest BCUT2D eigenvalue weighted by atomic mass is 10.1. The zero-order valence-electron chi connectivity index (χ0n) is 16.1. The summed E-state index contributed by atoms with van der Waals surface area (Å²) in [6, 6.07) is 0.469. The van der Waals surface area contributed by atoms with Crippen LogP contribution in [0.25, 0.3) is 0 Å². The van der Waals surface area contributed by atoms with Gasteiger partial charge in [0.1, 0.15) is 12.6 Å². The first-order valence-electron chi connectivity index (χ1n) is 7.96. The van der Waals surface area contributed by atoms with Crippen LogP contribution in [0.5, 0.6) is 0 Å². The number of carbonyl (C=O) groups is 1. The summed E-state index contributed by atoms with van der Waals surface area (Å²) in [5.74, 6) is -1.94. The third kappa shape index (κ3) is 6.71. The van der Waals surface area contributed by atoms with E-state index in [0.29, 0.717) is 11.6 Å². The van der Waals surface area contributed by atoms with Crippen LogP contribution >= 0.6 is 0 Å². The smallest absolute Gasteiger partial charge is 0.357 e. The highest BCUT2D eigenvalue weighted by atomic mass is 28.4. The zero-order chi connectivity index (χ0) is 19.0. The molecule has 0 radical (unpaired) electrons. The first-order valence-corrected chi connectivity index (χ1v) is 9.89. The van der Waals surface area contributed by atoms with E-state index in [1.54, 1.807) is 20.8 Å². The minimum Gasteiger partial charge on any atom is -0.357 e. The normalized spacial score (nSPS) is 19.2. The summed E-state index contributed by atoms with van der Waals surface area (Å²) in [4.78, 5) is 12.5. The van der Waals surface area contributed by atoms with Gasteiger partial charge in [0, 0.05) is 27.4 Å². The molecule has 0 amide bonds. The van der Waals surface area contributed by atoms with Crippen LogP contribution in [-0.2, 0) is 32.3 Å². The maximum Gasteiger partial charge on any atom is 0.507 e. The molecular formula is C16H32O7Si. The molecule has 0 N–H and O–H groups in total. The summed E-state index contributed by atoms with van der Waals surface area (Å²) in [5.41, 5.74) is 0.318. The fourth-order valence-corrected chi connectivity index (χ4v) is 5.09. The van der Waals surface area contributed by atoms with Crippen LogP contribution in [0.3, 0.4) is 0 Å². The van der Waals surface area contributed by atoms with Crippen LogP contribution in [-0.4, -0.2) is 54.3 Å². The van der Waals surface area contributed by atoms with Crippen LogP contribution in [0.2, 0.25) is 6.04 Å². The van der Waals surface area contributed by atoms with E-state index in [9.17, 15) is 4.79 Å². The molecule has 24 heavy (non-hydrogen) atoms. The number of rotatable bonds is 13. The number of ketones is 1. The van der Waals surface area contributed by atoms with Gasteiger partial charge in [-0.3, -0.25) is 4.79 Å². The van der Waals surface area contributed by atoms with Gasteiger partial charge >= 0.3 is 8.80 Å². The Morgan fingerprint density at radius 1 is 1.12 bits per heavy atom. The van der Waals surface area contributed by atoms with Gasteiger partial charge in [0.2, 0.25) is 11.6 Å². The molecule has 0 aliphatic heterocycles. The molecule has 0 aromatic carbocycles. The van der Waals surface area contributed by atoms with Crippen molar-refractivity contribution in [1.82, 2.24) is 0 Å². The molecule has 3 unspecified atom stereocenters. The highest BCUT2D eigenvalue weighted by Crippen LogP contribution is 2.30. The Morgan fingerprint density at radius 2 is 1.58 bits per heavy atom. The van der Waals surface area contributed by atoms with E-state index in [4.69, 9.17) is 27.5 Å². The van der Waals surface area contributed by atoms with Crippen molar-refractivity contribution >= 4 is 14.6 Å². The molecule has 0 saturated carbocycles. The van der Waals surface area contributed by atoms with E-state index in [1.807, 2.05) is 6.92 Å². The number of methoxy groups -OCH3 is 3. The molecule has 7 nitrogen and oxygen atoms in total. The molecule has 3 atom stereocenters. The maximum atomic E-state index is 12.5. The number of Topliss-reactive ketones (excluding diaryl/α,β-unsaturated/α-hetero) is 1. The summed E-state index contributed by atoms with van der Waals surface area (Å²) in [5, 5.41) is 0. The van der Waals surface area contributed by atoms with Crippen LogP contribution in [0, 0.1) is 0 Å². The third-order valence-electron chi connectivity index (χ3n) is 3.45. The van der Waals surface area contributed by atoms with E-state index in [2.05, 4.69) is 6.58 Å². The molecule has 0 heterocycles. The van der Waals surface area contributed by atoms with Crippen molar-refractivity contribution < 1.29 is 32.3 Å². The highest BCUT2D eigenvalue weighted by Gasteiger charge is 2.52. The van der Waals surface area contributed by atoms with Crippen LogP contribution in [0.1, 0.15) is 41.0 Å². The molecule has 0 spiro atoms. The van der Waals surface area contributed by atoms with Crippen LogP contribution in [0.15, 0.2) is 12.2 Å². The lowest BCUT2D eigenvalue weighted by Gasteiger charge is -2.39. The van der Waals surface area contributed by atoms with E-state index in [1.165, 1.54) is 28.3 Å². The Morgan fingerprint density at radius 3 is 1.88 bits per heavy atom. The number of hydrogen-bond acceptors (Lipinski definition) is 7. The molecule has 0 bridgehead atoms. The van der Waals surface area contributed by atoms with Crippen molar-refractivity contribution in [3.05, 3.63) is 12.2 Å². The van der Waals surface area contributed by atoms with Crippen LogP contribution in [0.4, 0.5) is 0 Å². The Balaban J connectivity index is 5.77. The Kier molecular flexibility index (Phi) is 10.1. The fourth-order valence-electron chi connectivity index (χ4n) is 2.02. The molecule has 0 aromatic heterocycles. The third-order valence-corrected chi connectivity index (χ3v) is 6.65. The average Bonchev–Trinajstić information content (AvgIpc) is 2.53. The van der Waals surface area contributed by atoms with Crippen molar-refractivity contribution in [2.45, 2.75) is 65.5 Å². The van der Waals surface area contributed by atoms with Crippen LogP contribution < -0.4 is 0 Å². The highest BCUT2D eigenvalue weighted by molar-refractivity contribution is 6.61. The largest absolute Gasteiger partial charge is 0.507 e. The standard InChI is InChI=1S/C16H32O7Si/c1-10-11-24(21-13(4)18-7,22-14(5)19-8)23-16(6,20-9)15(17)12(2)3/h13-14H,2,10-11H2,1,3-9H3. The maximum absolute atomic E-state index is 12.5. The van der Waals surface area contributed by atoms with Gasteiger partial charge in [-0.1, -0.05) is 19.9 Å². The minimum atomic E-state index is -3.37. The van der Waals surface area contributed by atoms with E-state index in [-0.39, 0.29) is 5.78 Å². The number of ether oxygens (including phenoxy) is 3. The van der Waals surface area contributed by atoms with E-state index in [0.717, 1.165) is 6.42 Å². The molecule has 8 heteroatoms. The molecule has 0 aliphatic rings. The number of carbonyl (C=O) groups excluding carboxylic acids is 1. The van der Waals surface area contributed by atoms with Crippen molar-refractivity contribution in [2.24, 2.45) is 0 Å². The van der Waals surface area contributed by atoms with Crippen molar-refractivity contribution in [1.29, 1.82) is 0 Å². The summed E-state index contributed by atoms with van der Waals surface area (Å²) >= 11 is 0. The predicted octanol–water partition coefficient (Wildman–Crippen LogP) is 2.88. The SMILES string of the molecule is C=C(C)C(=O)C(C)(OC)O[Si](CCC)(OC(C)OC)OC(C)OC. The second-order valence-corrected chi connectivity index (χ2v) is 8.18. The van der Waals surface area contributed by atoms with Gasteiger partial charge in [-0.25, -0.2) is 0 Å². The zero-order valence-corrected chi connectivity index (χ0v) is 17.1. The average molecular weight is 365 g/mol. The summed E-state index contributed by atoms with van der Waals surface area (Å²) < 4.78 is 33.7. The lowest BCUT2D eigenvalue weighted by Crippen LogP contribution is -2.58. The van der Waals surface area contributed by atoms with Gasteiger partial charge in [0.15, 0.2) is 0 Å². The van der Waals surface area contributed by atoms with E-state index < -0.39 is 27.2 Å². The molecule has 0 aromatic rings. The van der Waals surface area contributed by atoms with Gasteiger partial charge in [-0.15, -0.1) is 0 Å². The second-order valence-electron chi connectivity index (χ2n) is 5.64. The van der Waals surface area contributed by atoms with Crippen molar-refractivity contribution in [2.75, 3.05) is 21.3 Å². The first kappa shape index (κ1) is 23.4. The first-order chi connectivity index (χ1) is 11.1. The second kappa shape index (κ2) is 10.4. The van der Waals surface area contributed by atoms with Gasteiger partial charge in [0.25, 0.3) is 0 Å². The molecular weight excluding hydrogens is 332 g/mol. The van der Waals surface area contributed by atoms with E-state index >= 15 is 0 Å². The number of hydrogen-bond donors (Lipinski definition) is 0. The van der Waals surface area contributed by atoms with Gasteiger partial charge in [-0.05, 0) is 33.3 Å². The molecule has 0 aliphatic carbocycles. The van der Waals surface area contributed by atoms with Gasteiger partial charge < -0.3 is 27.5 Å². The monoisotopic (exact) mass is 364 g/mol. The van der Waals surface area contributed by atoms with Gasteiger partial charge in [0.05, 0.1) is 0 Å². The minimum absolute atomic E-state index is 0.318. The summed E-state index contributed by atoms with van der Waals surface area (Å²) in [6.07, 6.45) is -0.429. The summed E-state index contributed by atoms with van der Waals surface area (Å²) in [7, 11) is 1.06. The Labute approximate surface area is 146 Å². The Bertz CT molecular complexity index is 403. The van der Waals surface area contributed by atoms with Crippen molar-refractivity contribution in [3.63, 3.8) is 0 Å². The topological polar surface area (TPSA) is 72.5 Å².